The molecule has 31 heavy (non-hydrogen) atoms. The Morgan fingerprint density at radius 2 is 1.90 bits per heavy atom. The van der Waals surface area contributed by atoms with Crippen LogP contribution in [0.25, 0.3) is 23.2 Å². The number of carbonyl (C=O) groups excluding carboxylic acids is 1. The molecule has 4 aromatic rings. The number of aromatic carboxylic acids is 1. The predicted molar refractivity (Wildman–Crippen MR) is 114 cm³/mol. The maximum atomic E-state index is 11.2. The van der Waals surface area contributed by atoms with Crippen LogP contribution in [-0.4, -0.2) is 44.9 Å². The molecule has 0 saturated carbocycles. The molecule has 0 aromatic carbocycles. The number of fused-ring (bicyclic) bond motifs is 1. The molecule has 10 heteroatoms. The van der Waals surface area contributed by atoms with E-state index in [1.54, 1.807) is 28.0 Å². The molecule has 0 unspecified atom stereocenters. The Balaban J connectivity index is 0.00000272. The molecule has 0 aliphatic rings. The van der Waals surface area contributed by atoms with E-state index < -0.39 is 5.97 Å². The zero-order chi connectivity index (χ0) is 21.6. The number of thiophene rings is 1. The van der Waals surface area contributed by atoms with E-state index in [1.807, 2.05) is 14.1 Å². The summed E-state index contributed by atoms with van der Waals surface area (Å²) >= 11 is 1.68. The number of carbonyl (C=O) groups is 1. The molecule has 0 radical (unpaired) electrons. The molecule has 0 saturated heterocycles. The Morgan fingerprint density at radius 3 is 2.52 bits per heavy atom. The van der Waals surface area contributed by atoms with Gasteiger partial charge in [-0.05, 0) is 30.3 Å². The van der Waals surface area contributed by atoms with Crippen LogP contribution in [-0.2, 0) is 5.41 Å². The summed E-state index contributed by atoms with van der Waals surface area (Å²) in [4.78, 5) is 18.5. The Labute approximate surface area is 205 Å². The summed E-state index contributed by atoms with van der Waals surface area (Å²) in [7, 11) is 4.02. The monoisotopic (exact) mass is 444 g/mol. The number of rotatable bonds is 4. The first-order valence-corrected chi connectivity index (χ1v) is 10.2. The van der Waals surface area contributed by atoms with Crippen LogP contribution in [0.4, 0.5) is 5.00 Å². The van der Waals surface area contributed by atoms with Crippen molar-refractivity contribution in [1.82, 2.24) is 24.8 Å². The third-order valence-electron chi connectivity index (χ3n) is 4.57. The van der Waals surface area contributed by atoms with Crippen molar-refractivity contribution in [2.24, 2.45) is 0 Å². The van der Waals surface area contributed by atoms with Crippen molar-refractivity contribution in [1.29, 1.82) is 0 Å². The number of hydrogen-bond acceptors (Lipinski definition) is 8. The van der Waals surface area contributed by atoms with Crippen molar-refractivity contribution in [3.63, 3.8) is 0 Å². The van der Waals surface area contributed by atoms with Crippen LogP contribution in [0, 0.1) is 0 Å². The molecule has 4 rings (SSSR count). The van der Waals surface area contributed by atoms with Crippen LogP contribution in [0.1, 0.15) is 41.8 Å². The van der Waals surface area contributed by atoms with E-state index in [0.29, 0.717) is 17.2 Å². The minimum absolute atomic E-state index is 0. The maximum Gasteiger partial charge on any atom is 1.00 e. The van der Waals surface area contributed by atoms with Crippen LogP contribution < -0.4 is 44.8 Å². The Bertz CT molecular complexity index is 1310. The van der Waals surface area contributed by atoms with Crippen molar-refractivity contribution in [2.45, 2.75) is 26.2 Å². The van der Waals surface area contributed by atoms with Gasteiger partial charge in [-0.1, -0.05) is 26.8 Å². The van der Waals surface area contributed by atoms with Gasteiger partial charge in [-0.25, -0.2) is 4.98 Å². The first kappa shape index (κ1) is 23.3. The van der Waals surface area contributed by atoms with Crippen molar-refractivity contribution in [3.8, 4) is 11.5 Å². The fourth-order valence-corrected chi connectivity index (χ4v) is 4.00. The first-order chi connectivity index (χ1) is 14.1. The van der Waals surface area contributed by atoms with Gasteiger partial charge in [-0.2, -0.15) is 9.61 Å². The van der Waals surface area contributed by atoms with Crippen LogP contribution in [0.2, 0.25) is 0 Å². The summed E-state index contributed by atoms with van der Waals surface area (Å²) < 4.78 is 1.63. The molecule has 0 bridgehead atoms. The minimum Gasteiger partial charge on any atom is -0.543 e. The summed E-state index contributed by atoms with van der Waals surface area (Å²) in [5, 5.41) is 26.6. The van der Waals surface area contributed by atoms with Gasteiger partial charge in [-0.15, -0.1) is 21.5 Å². The van der Waals surface area contributed by atoms with Gasteiger partial charge >= 0.3 is 29.6 Å². The van der Waals surface area contributed by atoms with Gasteiger partial charge < -0.3 is 14.8 Å². The standard InChI is InChI=1S/C21H22N6O2S.Na/c1-21(2,3)17-13(11-12-9-10-16(30-12)26(4)5)18-23-24-19(27(18)25-17)14-7-6-8-15(22-14)20(28)29;/h6-11H,1-5H3,(H,28,29);/q;+1/p-1/b13-11-;. The Morgan fingerprint density at radius 1 is 1.16 bits per heavy atom. The Kier molecular flexibility index (Phi) is 6.52. The van der Waals surface area contributed by atoms with Gasteiger partial charge in [0.2, 0.25) is 5.82 Å². The topological polar surface area (TPSA) is 99.3 Å². The molecule has 0 atom stereocenters. The second-order valence-electron chi connectivity index (χ2n) is 8.18. The molecule has 0 aliphatic heterocycles. The second kappa shape index (κ2) is 8.66. The van der Waals surface area contributed by atoms with E-state index in [2.05, 4.69) is 59.1 Å². The zero-order valence-electron chi connectivity index (χ0n) is 18.4. The number of pyridine rings is 1. The van der Waals surface area contributed by atoms with Crippen molar-refractivity contribution < 1.29 is 39.5 Å². The fourth-order valence-electron chi connectivity index (χ4n) is 3.12. The predicted octanol–water partition coefficient (Wildman–Crippen LogP) is -1.47. The minimum atomic E-state index is -1.34. The molecule has 0 N–H and O–H groups in total. The van der Waals surface area contributed by atoms with Crippen molar-refractivity contribution in [3.05, 3.63) is 51.8 Å². The molecule has 0 spiro atoms. The average Bonchev–Trinajstić information content (AvgIpc) is 3.37. The van der Waals surface area contributed by atoms with E-state index in [0.717, 1.165) is 20.8 Å². The summed E-state index contributed by atoms with van der Waals surface area (Å²) in [6, 6.07) is 8.81. The van der Waals surface area contributed by atoms with Crippen LogP contribution in [0.5, 0.6) is 0 Å². The molecule has 4 aromatic heterocycles. The molecule has 4 heterocycles. The van der Waals surface area contributed by atoms with E-state index >= 15 is 0 Å². The number of hydrogen-bond donors (Lipinski definition) is 0. The second-order valence-corrected chi connectivity index (χ2v) is 9.28. The number of nitrogens with zero attached hydrogens (tertiary/aromatic N) is 6. The number of aromatic nitrogens is 5. The molecule has 0 aliphatic carbocycles. The number of anilines is 1. The largest absolute Gasteiger partial charge is 1.00 e. The van der Waals surface area contributed by atoms with Crippen LogP contribution in [0.3, 0.4) is 0 Å². The molecular weight excluding hydrogens is 423 g/mol. The van der Waals surface area contributed by atoms with Gasteiger partial charge in [0.05, 0.1) is 22.4 Å². The maximum absolute atomic E-state index is 11.2. The molecule has 8 nitrogen and oxygen atoms in total. The number of carboxylic acids is 1. The Hall–Kier alpha value is -2.33. The molecule has 154 valence electrons. The van der Waals surface area contributed by atoms with Crippen LogP contribution in [0.15, 0.2) is 30.3 Å². The van der Waals surface area contributed by atoms with E-state index in [4.69, 9.17) is 5.10 Å². The van der Waals surface area contributed by atoms with Gasteiger partial charge in [0.1, 0.15) is 5.69 Å². The fraction of sp³-hybridized carbons (Fsp3) is 0.286. The summed E-state index contributed by atoms with van der Waals surface area (Å²) in [5.41, 5.74) is 1.47. The molecular formula is C21H21N6NaO2S. The normalized spacial score (nSPS) is 12.2. The van der Waals surface area contributed by atoms with Crippen molar-refractivity contribution in [2.75, 3.05) is 19.0 Å². The third-order valence-corrected chi connectivity index (χ3v) is 5.77. The van der Waals surface area contributed by atoms with E-state index in [1.165, 1.54) is 6.07 Å². The van der Waals surface area contributed by atoms with E-state index in [9.17, 15) is 9.90 Å². The van der Waals surface area contributed by atoms with Gasteiger partial charge in [0.25, 0.3) is 0 Å². The number of carboxylic acid groups (broad SMARTS) is 1. The molecule has 0 amide bonds. The summed E-state index contributed by atoms with van der Waals surface area (Å²) in [6.45, 7) is 6.27. The van der Waals surface area contributed by atoms with E-state index in [-0.39, 0.29) is 40.7 Å². The van der Waals surface area contributed by atoms with Gasteiger partial charge in [0.15, 0.2) is 5.65 Å². The zero-order valence-corrected chi connectivity index (χ0v) is 21.2. The first-order valence-electron chi connectivity index (χ1n) is 9.38. The quantitative estimate of drug-likeness (QED) is 0.354. The smallest absolute Gasteiger partial charge is 0.543 e. The van der Waals surface area contributed by atoms with Gasteiger partial charge in [-0.3, -0.25) is 0 Å². The van der Waals surface area contributed by atoms with Gasteiger partial charge in [0, 0.05) is 29.6 Å². The SMILES string of the molecule is CN(C)c1ccc(/C=c2/c(C(C)(C)C)nn3c(-c4cccc(C(=O)[O-])n4)nnc23)s1.[Na+]. The van der Waals surface area contributed by atoms with Crippen molar-refractivity contribution >= 4 is 34.0 Å². The van der Waals surface area contributed by atoms with Crippen LogP contribution >= 0.6 is 11.3 Å². The third kappa shape index (κ3) is 4.50. The average molecular weight is 444 g/mol. The summed E-state index contributed by atoms with van der Waals surface area (Å²) in [5.74, 6) is -0.953. The summed E-state index contributed by atoms with van der Waals surface area (Å²) in [6.07, 6.45) is 2.07. The molecule has 0 fully saturated rings.